The molecule has 3 nitrogen and oxygen atoms in total. The topological polar surface area (TPSA) is 42.3 Å². The van der Waals surface area contributed by atoms with Gasteiger partial charge in [0.2, 0.25) is 5.90 Å². The molecule has 0 amide bonds. The van der Waals surface area contributed by atoms with E-state index in [2.05, 4.69) is 0 Å². The molecule has 1 N–H and O–H groups in total. The molecule has 0 radical (unpaired) electrons. The van der Waals surface area contributed by atoms with Crippen molar-refractivity contribution in [3.8, 4) is 5.75 Å². The van der Waals surface area contributed by atoms with Gasteiger partial charge in [0, 0.05) is 6.42 Å². The Morgan fingerprint density at radius 1 is 1.24 bits per heavy atom. The first-order chi connectivity index (χ1) is 7.93. The maximum Gasteiger partial charge on any atom is 0.265 e. The average Bonchev–Trinajstić information content (AvgIpc) is 2.28. The van der Waals surface area contributed by atoms with Crippen LogP contribution in [0.2, 0.25) is 0 Å². The fourth-order valence-corrected chi connectivity index (χ4v) is 1.31. The highest BCUT2D eigenvalue weighted by atomic mass is 35.6. The summed E-state index contributed by atoms with van der Waals surface area (Å²) in [5, 5.41) is 7.33. The number of hydrogen-bond acceptors (Lipinski definition) is 3. The van der Waals surface area contributed by atoms with E-state index in [1.807, 2.05) is 24.3 Å². The zero-order chi connectivity index (χ0) is 12.9. The first-order valence-electron chi connectivity index (χ1n) is 4.85. The fourth-order valence-electron chi connectivity index (χ4n) is 1.14. The Kier molecular flexibility index (Phi) is 5.37. The van der Waals surface area contributed by atoms with E-state index in [-0.39, 0.29) is 5.90 Å². The fraction of sp³-hybridized carbons (Fsp3) is 0.364. The van der Waals surface area contributed by atoms with Crippen molar-refractivity contribution in [1.29, 1.82) is 5.41 Å². The van der Waals surface area contributed by atoms with E-state index in [4.69, 9.17) is 49.7 Å². The summed E-state index contributed by atoms with van der Waals surface area (Å²) in [5.74, 6) is 0.430. The molecular formula is C11H12Cl3NO2. The highest BCUT2D eigenvalue weighted by Crippen LogP contribution is 2.27. The van der Waals surface area contributed by atoms with Crippen LogP contribution in [0.25, 0.3) is 0 Å². The Morgan fingerprint density at radius 3 is 2.29 bits per heavy atom. The Hall–Kier alpha value is -0.640. The lowest BCUT2D eigenvalue weighted by molar-refractivity contribution is 0.300. The second kappa shape index (κ2) is 6.34. The molecule has 0 atom stereocenters. The average molecular weight is 297 g/mol. The van der Waals surface area contributed by atoms with Crippen molar-refractivity contribution in [2.24, 2.45) is 0 Å². The lowest BCUT2D eigenvalue weighted by atomic mass is 10.1. The first kappa shape index (κ1) is 14.4. The quantitative estimate of drug-likeness (QED) is 0.524. The molecule has 94 valence electrons. The molecule has 0 bridgehead atoms. The zero-order valence-corrected chi connectivity index (χ0v) is 11.4. The van der Waals surface area contributed by atoms with Crippen molar-refractivity contribution in [3.05, 3.63) is 29.8 Å². The number of benzene rings is 1. The predicted molar refractivity (Wildman–Crippen MR) is 70.7 cm³/mol. The molecule has 1 rings (SSSR count). The second-order valence-electron chi connectivity index (χ2n) is 3.27. The smallest absolute Gasteiger partial charge is 0.265 e. The minimum Gasteiger partial charge on any atom is -0.497 e. The molecule has 0 aromatic heterocycles. The normalized spacial score (nSPS) is 11.1. The summed E-state index contributed by atoms with van der Waals surface area (Å²) in [5.41, 5.74) is 1.06. The van der Waals surface area contributed by atoms with Crippen LogP contribution in [0.15, 0.2) is 24.3 Å². The van der Waals surface area contributed by atoms with E-state index in [1.54, 1.807) is 7.11 Å². The van der Waals surface area contributed by atoms with Gasteiger partial charge in [-0.3, -0.25) is 5.41 Å². The molecule has 0 aliphatic carbocycles. The van der Waals surface area contributed by atoms with Gasteiger partial charge in [0.15, 0.2) is 0 Å². The molecule has 0 aliphatic rings. The molecule has 6 heteroatoms. The number of nitrogens with one attached hydrogen (secondary N) is 1. The van der Waals surface area contributed by atoms with Crippen LogP contribution in [0.1, 0.15) is 5.56 Å². The number of ether oxygens (including phenoxy) is 2. The Balaban J connectivity index is 2.38. The highest BCUT2D eigenvalue weighted by Gasteiger charge is 2.28. The largest absolute Gasteiger partial charge is 0.497 e. The summed E-state index contributed by atoms with van der Waals surface area (Å²) < 4.78 is 8.27. The number of alkyl halides is 3. The summed E-state index contributed by atoms with van der Waals surface area (Å²) in [4.78, 5) is 0. The lowest BCUT2D eigenvalue weighted by Crippen LogP contribution is -2.22. The molecule has 0 unspecified atom stereocenters. The van der Waals surface area contributed by atoms with Crippen molar-refractivity contribution < 1.29 is 9.47 Å². The molecule has 0 saturated carbocycles. The van der Waals surface area contributed by atoms with Crippen LogP contribution in [-0.4, -0.2) is 23.4 Å². The van der Waals surface area contributed by atoms with Gasteiger partial charge in [0.1, 0.15) is 5.75 Å². The summed E-state index contributed by atoms with van der Waals surface area (Å²) in [6.07, 6.45) is 0.632. The number of hydrogen-bond donors (Lipinski definition) is 1. The second-order valence-corrected chi connectivity index (χ2v) is 5.55. The standard InChI is InChI=1S/C11H12Cl3NO2/c1-16-9-4-2-8(3-5-9)6-7-17-10(15)11(12,13)14/h2-5,15H,6-7H2,1H3. The third-order valence-corrected chi connectivity index (χ3v) is 2.57. The molecule has 0 saturated heterocycles. The van der Waals surface area contributed by atoms with Crippen LogP contribution in [0.5, 0.6) is 5.75 Å². The van der Waals surface area contributed by atoms with Gasteiger partial charge in [-0.05, 0) is 17.7 Å². The van der Waals surface area contributed by atoms with Crippen LogP contribution in [0, 0.1) is 5.41 Å². The molecule has 0 spiro atoms. The van der Waals surface area contributed by atoms with Crippen molar-refractivity contribution in [2.75, 3.05) is 13.7 Å². The first-order valence-corrected chi connectivity index (χ1v) is 5.98. The minimum absolute atomic E-state index is 0.291. The molecule has 1 aromatic carbocycles. The molecule has 0 aliphatic heterocycles. The predicted octanol–water partition coefficient (Wildman–Crippen LogP) is 3.60. The van der Waals surface area contributed by atoms with Crippen LogP contribution in [0.3, 0.4) is 0 Å². The number of rotatable bonds is 4. The molecule has 17 heavy (non-hydrogen) atoms. The summed E-state index contributed by atoms with van der Waals surface area (Å²) in [6, 6.07) is 7.55. The van der Waals surface area contributed by atoms with Gasteiger partial charge >= 0.3 is 0 Å². The van der Waals surface area contributed by atoms with Gasteiger partial charge in [-0.1, -0.05) is 46.9 Å². The molecular weight excluding hydrogens is 284 g/mol. The molecule has 1 aromatic rings. The highest BCUT2D eigenvalue weighted by molar-refractivity contribution is 6.76. The van der Waals surface area contributed by atoms with Gasteiger partial charge in [0.25, 0.3) is 3.79 Å². The molecule has 0 heterocycles. The number of methoxy groups -OCH3 is 1. The van der Waals surface area contributed by atoms with E-state index in [9.17, 15) is 0 Å². The van der Waals surface area contributed by atoms with Crippen LogP contribution < -0.4 is 4.74 Å². The van der Waals surface area contributed by atoms with Crippen LogP contribution >= 0.6 is 34.8 Å². The molecule has 0 fully saturated rings. The maximum atomic E-state index is 7.33. The van der Waals surface area contributed by atoms with Crippen LogP contribution in [-0.2, 0) is 11.2 Å². The van der Waals surface area contributed by atoms with Gasteiger partial charge in [-0.25, -0.2) is 0 Å². The van der Waals surface area contributed by atoms with E-state index >= 15 is 0 Å². The van der Waals surface area contributed by atoms with Crippen molar-refractivity contribution in [1.82, 2.24) is 0 Å². The van der Waals surface area contributed by atoms with Gasteiger partial charge in [0.05, 0.1) is 13.7 Å². The summed E-state index contributed by atoms with van der Waals surface area (Å²) in [6.45, 7) is 0.291. The van der Waals surface area contributed by atoms with Crippen molar-refractivity contribution in [3.63, 3.8) is 0 Å². The maximum absolute atomic E-state index is 7.33. The van der Waals surface area contributed by atoms with Gasteiger partial charge in [-0.2, -0.15) is 0 Å². The van der Waals surface area contributed by atoms with Gasteiger partial charge in [-0.15, -0.1) is 0 Å². The van der Waals surface area contributed by atoms with Crippen molar-refractivity contribution in [2.45, 2.75) is 10.2 Å². The van der Waals surface area contributed by atoms with E-state index in [1.165, 1.54) is 0 Å². The SMILES string of the molecule is COc1ccc(CCOC(=N)C(Cl)(Cl)Cl)cc1. The summed E-state index contributed by atoms with van der Waals surface area (Å²) >= 11 is 16.4. The third-order valence-electron chi connectivity index (χ3n) is 2.05. The lowest BCUT2D eigenvalue weighted by Gasteiger charge is -2.13. The zero-order valence-electron chi connectivity index (χ0n) is 9.17. The third kappa shape index (κ3) is 5.02. The van der Waals surface area contributed by atoms with Gasteiger partial charge < -0.3 is 9.47 Å². The van der Waals surface area contributed by atoms with Crippen molar-refractivity contribution >= 4 is 40.7 Å². The van der Waals surface area contributed by atoms with E-state index in [0.29, 0.717) is 13.0 Å². The Labute approximate surface area is 115 Å². The Bertz CT molecular complexity index is 373. The summed E-state index contributed by atoms with van der Waals surface area (Å²) in [7, 11) is 1.61. The minimum atomic E-state index is -1.79. The van der Waals surface area contributed by atoms with Crippen LogP contribution in [0.4, 0.5) is 0 Å². The Morgan fingerprint density at radius 2 is 1.82 bits per heavy atom. The number of halogens is 3. The van der Waals surface area contributed by atoms with E-state index < -0.39 is 3.79 Å². The van der Waals surface area contributed by atoms with E-state index in [0.717, 1.165) is 11.3 Å². The monoisotopic (exact) mass is 295 g/mol.